The average Bonchev–Trinajstić information content (AvgIpc) is 2.46. The van der Waals surface area contributed by atoms with Gasteiger partial charge in [0.2, 0.25) is 5.91 Å². The second kappa shape index (κ2) is 6.00. The molecule has 4 nitrogen and oxygen atoms in total. The fourth-order valence-corrected chi connectivity index (χ4v) is 1.80. The number of benzene rings is 1. The molecule has 0 atom stereocenters. The molecule has 2 rings (SSSR count). The van der Waals surface area contributed by atoms with Crippen molar-refractivity contribution in [2.24, 2.45) is 0 Å². The molecular formula is C15H17N3O. The summed E-state index contributed by atoms with van der Waals surface area (Å²) in [6, 6.07) is 13.5. The number of carbonyl (C=O) groups is 1. The quantitative estimate of drug-likeness (QED) is 0.911. The minimum Gasteiger partial charge on any atom is -0.384 e. The van der Waals surface area contributed by atoms with Crippen molar-refractivity contribution in [3.05, 3.63) is 54.2 Å². The van der Waals surface area contributed by atoms with Gasteiger partial charge in [-0.05, 0) is 24.1 Å². The van der Waals surface area contributed by atoms with Crippen LogP contribution < -0.4 is 10.6 Å². The number of rotatable bonds is 4. The zero-order chi connectivity index (χ0) is 13.7. The van der Waals surface area contributed by atoms with Crippen LogP contribution in [0.25, 0.3) is 0 Å². The molecule has 0 radical (unpaired) electrons. The maximum absolute atomic E-state index is 12.1. The van der Waals surface area contributed by atoms with Gasteiger partial charge in [-0.25, -0.2) is 4.98 Å². The average molecular weight is 255 g/mol. The Balaban J connectivity index is 1.94. The molecule has 0 saturated carbocycles. The first-order chi connectivity index (χ1) is 9.16. The number of amides is 1. The molecule has 19 heavy (non-hydrogen) atoms. The maximum atomic E-state index is 12.1. The van der Waals surface area contributed by atoms with Crippen molar-refractivity contribution in [3.8, 4) is 0 Å². The van der Waals surface area contributed by atoms with Crippen LogP contribution in [-0.2, 0) is 11.2 Å². The van der Waals surface area contributed by atoms with Gasteiger partial charge in [-0.3, -0.25) is 4.79 Å². The van der Waals surface area contributed by atoms with E-state index in [0.29, 0.717) is 12.2 Å². The SMILES string of the molecule is CN(C(=O)CCc1ccccc1)c1ccc(N)nc1. The summed E-state index contributed by atoms with van der Waals surface area (Å²) in [7, 11) is 1.75. The van der Waals surface area contributed by atoms with E-state index in [0.717, 1.165) is 12.1 Å². The van der Waals surface area contributed by atoms with Crippen molar-refractivity contribution in [2.45, 2.75) is 12.8 Å². The fourth-order valence-electron chi connectivity index (χ4n) is 1.80. The minimum absolute atomic E-state index is 0.0652. The first-order valence-corrected chi connectivity index (χ1v) is 6.19. The highest BCUT2D eigenvalue weighted by Crippen LogP contribution is 2.14. The Labute approximate surface area is 112 Å². The maximum Gasteiger partial charge on any atom is 0.227 e. The lowest BCUT2D eigenvalue weighted by Crippen LogP contribution is -2.26. The highest BCUT2D eigenvalue weighted by Gasteiger charge is 2.11. The van der Waals surface area contributed by atoms with Crippen molar-refractivity contribution in [1.29, 1.82) is 0 Å². The first-order valence-electron chi connectivity index (χ1n) is 6.19. The number of hydrogen-bond donors (Lipinski definition) is 1. The number of hydrogen-bond acceptors (Lipinski definition) is 3. The molecule has 4 heteroatoms. The summed E-state index contributed by atoms with van der Waals surface area (Å²) >= 11 is 0. The molecule has 2 N–H and O–H groups in total. The zero-order valence-electron chi connectivity index (χ0n) is 10.9. The van der Waals surface area contributed by atoms with Gasteiger partial charge in [0.05, 0.1) is 11.9 Å². The standard InChI is InChI=1S/C15H17N3O/c1-18(13-8-9-14(16)17-11-13)15(19)10-7-12-5-3-2-4-6-12/h2-6,8-9,11H,7,10H2,1H3,(H2,16,17). The Morgan fingerprint density at radius 2 is 1.95 bits per heavy atom. The Kier molecular flexibility index (Phi) is 4.13. The number of nitrogens with zero attached hydrogens (tertiary/aromatic N) is 2. The molecule has 0 aliphatic rings. The number of nitrogens with two attached hydrogens (primary N) is 1. The van der Waals surface area contributed by atoms with E-state index in [1.165, 1.54) is 5.56 Å². The van der Waals surface area contributed by atoms with Crippen LogP contribution in [0, 0.1) is 0 Å². The van der Waals surface area contributed by atoms with Gasteiger partial charge >= 0.3 is 0 Å². The lowest BCUT2D eigenvalue weighted by molar-refractivity contribution is -0.118. The summed E-state index contributed by atoms with van der Waals surface area (Å²) in [5.41, 5.74) is 7.45. The minimum atomic E-state index is 0.0652. The molecule has 1 heterocycles. The summed E-state index contributed by atoms with van der Waals surface area (Å²) in [4.78, 5) is 17.7. The molecule has 1 aromatic heterocycles. The molecule has 1 aromatic carbocycles. The molecule has 2 aromatic rings. The van der Waals surface area contributed by atoms with Crippen molar-refractivity contribution in [3.63, 3.8) is 0 Å². The topological polar surface area (TPSA) is 59.2 Å². The lowest BCUT2D eigenvalue weighted by Gasteiger charge is -2.17. The Morgan fingerprint density at radius 1 is 1.21 bits per heavy atom. The van der Waals surface area contributed by atoms with Crippen molar-refractivity contribution >= 4 is 17.4 Å². The first kappa shape index (κ1) is 13.1. The van der Waals surface area contributed by atoms with Crippen LogP contribution in [0.5, 0.6) is 0 Å². The summed E-state index contributed by atoms with van der Waals surface area (Å²) in [6.07, 6.45) is 2.83. The molecule has 0 aliphatic heterocycles. The number of aryl methyl sites for hydroxylation is 1. The van der Waals surface area contributed by atoms with Crippen molar-refractivity contribution in [1.82, 2.24) is 4.98 Å². The predicted molar refractivity (Wildman–Crippen MR) is 76.8 cm³/mol. The third-order valence-electron chi connectivity index (χ3n) is 3.00. The van der Waals surface area contributed by atoms with E-state index in [2.05, 4.69) is 4.98 Å². The second-order valence-corrected chi connectivity index (χ2v) is 4.38. The van der Waals surface area contributed by atoms with E-state index in [9.17, 15) is 4.79 Å². The van der Waals surface area contributed by atoms with Crippen LogP contribution in [0.1, 0.15) is 12.0 Å². The van der Waals surface area contributed by atoms with Gasteiger partial charge in [0.25, 0.3) is 0 Å². The van der Waals surface area contributed by atoms with E-state index in [1.54, 1.807) is 30.3 Å². The molecule has 0 fully saturated rings. The molecule has 0 aliphatic carbocycles. The van der Waals surface area contributed by atoms with Gasteiger partial charge in [-0.2, -0.15) is 0 Å². The number of nitrogen functional groups attached to an aromatic ring is 1. The van der Waals surface area contributed by atoms with Crippen molar-refractivity contribution in [2.75, 3.05) is 17.7 Å². The zero-order valence-corrected chi connectivity index (χ0v) is 10.9. The van der Waals surface area contributed by atoms with Crippen LogP contribution in [0.4, 0.5) is 11.5 Å². The monoisotopic (exact) mass is 255 g/mol. The van der Waals surface area contributed by atoms with E-state index in [1.807, 2.05) is 30.3 Å². The summed E-state index contributed by atoms with van der Waals surface area (Å²) in [5, 5.41) is 0. The number of aromatic nitrogens is 1. The van der Waals surface area contributed by atoms with E-state index >= 15 is 0 Å². The van der Waals surface area contributed by atoms with Gasteiger partial charge in [0, 0.05) is 13.5 Å². The number of pyridine rings is 1. The van der Waals surface area contributed by atoms with Crippen molar-refractivity contribution < 1.29 is 4.79 Å². The van der Waals surface area contributed by atoms with Gasteiger partial charge in [0.1, 0.15) is 5.82 Å². The Hall–Kier alpha value is -2.36. The second-order valence-electron chi connectivity index (χ2n) is 4.38. The van der Waals surface area contributed by atoms with E-state index < -0.39 is 0 Å². The number of carbonyl (C=O) groups excluding carboxylic acids is 1. The third-order valence-corrected chi connectivity index (χ3v) is 3.00. The van der Waals surface area contributed by atoms with E-state index in [-0.39, 0.29) is 5.91 Å². The molecule has 0 saturated heterocycles. The Morgan fingerprint density at radius 3 is 2.58 bits per heavy atom. The van der Waals surface area contributed by atoms with Crippen LogP contribution in [0.3, 0.4) is 0 Å². The third kappa shape index (κ3) is 3.55. The highest BCUT2D eigenvalue weighted by molar-refractivity contribution is 5.92. The lowest BCUT2D eigenvalue weighted by atomic mass is 10.1. The van der Waals surface area contributed by atoms with Crippen LogP contribution in [-0.4, -0.2) is 17.9 Å². The van der Waals surface area contributed by atoms with Gasteiger partial charge in [0.15, 0.2) is 0 Å². The summed E-state index contributed by atoms with van der Waals surface area (Å²) < 4.78 is 0. The smallest absolute Gasteiger partial charge is 0.227 e. The van der Waals surface area contributed by atoms with Gasteiger partial charge in [-0.1, -0.05) is 30.3 Å². The summed E-state index contributed by atoms with van der Waals surface area (Å²) in [5.74, 6) is 0.518. The van der Waals surface area contributed by atoms with Crippen LogP contribution >= 0.6 is 0 Å². The Bertz CT molecular complexity index is 537. The van der Waals surface area contributed by atoms with E-state index in [4.69, 9.17) is 5.73 Å². The highest BCUT2D eigenvalue weighted by atomic mass is 16.2. The normalized spacial score (nSPS) is 10.2. The van der Waals surface area contributed by atoms with Crippen LogP contribution in [0.15, 0.2) is 48.7 Å². The molecule has 0 unspecified atom stereocenters. The molecule has 0 spiro atoms. The van der Waals surface area contributed by atoms with Gasteiger partial charge < -0.3 is 10.6 Å². The molecule has 0 bridgehead atoms. The molecule has 1 amide bonds. The molecule has 98 valence electrons. The largest absolute Gasteiger partial charge is 0.384 e. The van der Waals surface area contributed by atoms with Crippen LogP contribution in [0.2, 0.25) is 0 Å². The molecular weight excluding hydrogens is 238 g/mol. The predicted octanol–water partition coefficient (Wildman–Crippen LogP) is 2.26. The summed E-state index contributed by atoms with van der Waals surface area (Å²) in [6.45, 7) is 0. The number of anilines is 2. The fraction of sp³-hybridized carbons (Fsp3) is 0.200. The van der Waals surface area contributed by atoms with Gasteiger partial charge in [-0.15, -0.1) is 0 Å².